The summed E-state index contributed by atoms with van der Waals surface area (Å²) in [6, 6.07) is 38.5. The zero-order valence-corrected chi connectivity index (χ0v) is 78.1. The first kappa shape index (κ1) is 99.4. The second kappa shape index (κ2) is 42.3. The Bertz CT molecular complexity index is 6270. The van der Waals surface area contributed by atoms with Crippen molar-refractivity contribution in [2.75, 3.05) is 72.8 Å². The van der Waals surface area contributed by atoms with Gasteiger partial charge in [0.15, 0.2) is 11.4 Å². The molecule has 0 spiro atoms. The fourth-order valence-electron chi connectivity index (χ4n) is 16.8. The maximum absolute atomic E-state index is 13.4. The number of benzene rings is 7. The molecule has 696 valence electrons. The van der Waals surface area contributed by atoms with Crippen LogP contribution in [-0.2, 0) is 117 Å². The lowest BCUT2D eigenvalue weighted by Crippen LogP contribution is -2.35. The molecule has 11 rings (SSSR count). The van der Waals surface area contributed by atoms with Crippen LogP contribution in [0, 0.1) is 0 Å². The maximum atomic E-state index is 13.4. The lowest BCUT2D eigenvalue weighted by atomic mass is 9.81. The summed E-state index contributed by atoms with van der Waals surface area (Å²) in [5.41, 5.74) is 9.65. The van der Waals surface area contributed by atoms with E-state index in [1.807, 2.05) is 160 Å². The average Bonchev–Trinajstić information content (AvgIpc) is 1.63. The number of hydrogen-bond acceptors (Lipinski definition) is 21. The summed E-state index contributed by atoms with van der Waals surface area (Å²) >= 11 is 0. The summed E-state index contributed by atoms with van der Waals surface area (Å²) in [6.45, 7) is 21.2. The van der Waals surface area contributed by atoms with Gasteiger partial charge in [0.25, 0.3) is 20.2 Å². The predicted octanol–water partition coefficient (Wildman–Crippen LogP) is 14.5. The number of allylic oxidation sites excluding steroid dienone is 12. The van der Waals surface area contributed by atoms with Crippen molar-refractivity contribution in [1.29, 1.82) is 0 Å². The number of carbonyl (C=O) groups is 6. The van der Waals surface area contributed by atoms with E-state index in [-0.39, 0.29) is 107 Å². The number of ether oxygens (including phenoxy) is 3. The number of likely N-dealkylation sites (N-methyl/N-ethyl adjacent to an activating group) is 2. The van der Waals surface area contributed by atoms with Crippen molar-refractivity contribution in [3.8, 4) is 0 Å². The van der Waals surface area contributed by atoms with Crippen LogP contribution >= 0.6 is 0 Å². The van der Waals surface area contributed by atoms with Crippen LogP contribution in [0.3, 0.4) is 0 Å². The van der Waals surface area contributed by atoms with Crippen LogP contribution < -0.4 is 41.7 Å². The molecule has 8 N–H and O–H groups in total. The molecule has 0 aromatic heterocycles. The molecule has 0 bridgehead atoms. The number of unbranched alkanes of at least 4 members (excludes halogenated alkanes) is 4. The van der Waals surface area contributed by atoms with Gasteiger partial charge in [0.2, 0.25) is 29.1 Å². The topological polar surface area (TPSA) is 438 Å². The van der Waals surface area contributed by atoms with E-state index in [1.165, 1.54) is 54.6 Å². The van der Waals surface area contributed by atoms with Gasteiger partial charge in [0.05, 0.1) is 42.5 Å². The van der Waals surface area contributed by atoms with E-state index in [0.717, 1.165) is 62.3 Å². The molecule has 4 aliphatic heterocycles. The van der Waals surface area contributed by atoms with Gasteiger partial charge >= 0.3 is 18.3 Å². The van der Waals surface area contributed by atoms with Crippen LogP contribution in [0.1, 0.15) is 165 Å². The Labute approximate surface area is 765 Å². The quantitative estimate of drug-likeness (QED) is 0.00581. The number of amides is 6. The van der Waals surface area contributed by atoms with E-state index in [2.05, 4.69) is 50.9 Å². The zero-order chi connectivity index (χ0) is 95.0. The molecule has 0 fully saturated rings. The Morgan fingerprint density at radius 2 is 0.832 bits per heavy atom. The van der Waals surface area contributed by atoms with Gasteiger partial charge in [-0.3, -0.25) is 28.8 Å². The van der Waals surface area contributed by atoms with Gasteiger partial charge in [-0.2, -0.15) is 26.0 Å². The van der Waals surface area contributed by atoms with Crippen molar-refractivity contribution in [2.45, 2.75) is 188 Å². The highest BCUT2D eigenvalue weighted by Crippen LogP contribution is 2.51. The smallest absolute Gasteiger partial charge is 0.411 e. The minimum absolute atomic E-state index is 0.0147. The second-order valence-electron chi connectivity index (χ2n) is 34.2. The summed E-state index contributed by atoms with van der Waals surface area (Å²) in [7, 11) is -18.4. The summed E-state index contributed by atoms with van der Waals surface area (Å²) < 4.78 is 162. The Kier molecular flexibility index (Phi) is 32.1. The molecule has 0 aliphatic carbocycles. The van der Waals surface area contributed by atoms with Crippen LogP contribution in [0.25, 0.3) is 0 Å². The van der Waals surface area contributed by atoms with Gasteiger partial charge in [0.1, 0.15) is 53.1 Å². The number of fused-ring (bicyclic) bond motifs is 4. The summed E-state index contributed by atoms with van der Waals surface area (Å²) in [6.07, 6.45) is 20.5. The fraction of sp³-hybridized carbons (Fsp3) is 0.354. The summed E-state index contributed by atoms with van der Waals surface area (Å²) in [4.78, 5) is 81.7. The van der Waals surface area contributed by atoms with Gasteiger partial charge in [-0.15, -0.1) is 0 Å². The molecule has 7 aromatic rings. The highest BCUT2D eigenvalue weighted by atomic mass is 32.2. The first-order chi connectivity index (χ1) is 61.9. The van der Waals surface area contributed by atoms with Gasteiger partial charge in [-0.1, -0.05) is 113 Å². The minimum Gasteiger partial charge on any atom is -0.744 e. The van der Waals surface area contributed by atoms with Crippen LogP contribution in [-0.4, -0.2) is 161 Å². The minimum atomic E-state index is -4.78. The van der Waals surface area contributed by atoms with E-state index in [0.29, 0.717) is 92.6 Å². The molecule has 0 saturated carbocycles. The molecule has 0 radical (unpaired) electrons. The third-order valence-corrected chi connectivity index (χ3v) is 27.0. The fourth-order valence-corrected chi connectivity index (χ4v) is 18.8. The SMILES string of the molecule is CCN1/C(=C/C=C/C=C/C2=[N+](CCCCCC(=O)NCCNC(=O)OCc3ccc(NC(=O)OCc4ccc(NC(=O)Cc5ccccc5)cc4)c(COC(=O)NCCNC(=O)CCCCC[N+]4=C(/C=C/C=C/C=C5/N(CC)c6ccc(S(=O)(=O)O)cc6C5(C)C)C(C)(C)c5cc(S(=O)(=O)[O-])ccc54)c3)c3ccc(S(=O)(=O)[O-])cc3C2(C)C)C(C)(C)c2cc(S(=O)(=O)O)ccc21. The predicted molar refractivity (Wildman–Crippen MR) is 497 cm³/mol. The Hall–Kier alpha value is -12.2. The molecular formula is C96H112N10O21S4. The van der Waals surface area contributed by atoms with Crippen LogP contribution in [0.5, 0.6) is 0 Å². The normalized spacial score (nSPS) is 16.0. The van der Waals surface area contributed by atoms with Crippen LogP contribution in [0.2, 0.25) is 0 Å². The largest absolute Gasteiger partial charge is 0.744 e. The molecule has 0 unspecified atom stereocenters. The van der Waals surface area contributed by atoms with Crippen molar-refractivity contribution in [3.05, 3.63) is 262 Å². The van der Waals surface area contributed by atoms with Crippen molar-refractivity contribution in [2.24, 2.45) is 0 Å². The molecule has 35 heteroatoms. The third-order valence-electron chi connectivity index (χ3n) is 23.7. The van der Waals surface area contributed by atoms with E-state index < -0.39 is 87.0 Å². The number of rotatable bonds is 40. The number of anilines is 4. The zero-order valence-electron chi connectivity index (χ0n) is 74.8. The standard InChI is InChI=1S/C96H112N10O21S4/c1-11-103-79-46-41-70(128(113,114)115)58-74(79)93(3,4)83(103)30-20-14-22-32-85-95(7,8)76-60-72(130(119,120)121)43-48-81(76)105(85)54-26-16-24-34-87(107)97-50-52-99-90(110)125-63-67-38-45-78(102-92(112)126-62-66-36-39-69(40-37-66)101-89(109)57-65-28-18-13-19-29-65)68(56-67)64-127-91(111)100-53-51-98-88(108)35-25-17-27-55-106-82-49-44-73(131(122,123)124)61-77(82)96(9,10)86(106)33-23-15-21-31-84-94(5,6)75-59-71(129(116,117)118)42-47-80(75)104(84)12-2/h13-15,18-23,28-33,36-49,56,58-61H,11-12,16-17,24-27,34-35,50-55,57,62-64H2,1-10H3,(H8-2,97,98,99,100,101,102,107,108,109,110,111,112,113,114,115,116,117,118,119,120,121,122,123,124). The molecular weight excluding hydrogens is 1760 g/mol. The highest BCUT2D eigenvalue weighted by molar-refractivity contribution is 7.86. The van der Waals surface area contributed by atoms with Crippen molar-refractivity contribution >= 4 is 122 Å². The maximum Gasteiger partial charge on any atom is 0.411 e. The number of hydrogen-bond donors (Lipinski definition) is 8. The molecule has 131 heavy (non-hydrogen) atoms. The van der Waals surface area contributed by atoms with Crippen molar-refractivity contribution in [3.63, 3.8) is 0 Å². The first-order valence-electron chi connectivity index (χ1n) is 43.2. The molecule has 4 heterocycles. The van der Waals surface area contributed by atoms with Gasteiger partial charge in [0, 0.05) is 145 Å². The lowest BCUT2D eigenvalue weighted by Gasteiger charge is -2.25. The summed E-state index contributed by atoms with van der Waals surface area (Å²) in [5.74, 6) is -0.724. The van der Waals surface area contributed by atoms with Crippen LogP contribution in [0.4, 0.5) is 48.5 Å². The second-order valence-corrected chi connectivity index (χ2v) is 39.8. The van der Waals surface area contributed by atoms with Crippen molar-refractivity contribution in [1.82, 2.24) is 21.3 Å². The van der Waals surface area contributed by atoms with E-state index in [9.17, 15) is 80.6 Å². The lowest BCUT2D eigenvalue weighted by molar-refractivity contribution is -0.438. The molecule has 0 saturated heterocycles. The number of alkyl carbamates (subject to hydrolysis) is 2. The Morgan fingerprint density at radius 3 is 1.28 bits per heavy atom. The average molecular weight is 1870 g/mol. The number of nitrogens with one attached hydrogen (secondary N) is 6. The van der Waals surface area contributed by atoms with Crippen LogP contribution in [0.15, 0.2) is 237 Å². The van der Waals surface area contributed by atoms with E-state index in [1.54, 1.807) is 60.7 Å². The molecule has 7 aromatic carbocycles. The molecule has 31 nitrogen and oxygen atoms in total. The van der Waals surface area contributed by atoms with Gasteiger partial charge in [-0.05, 0) is 192 Å². The first-order valence-corrected chi connectivity index (χ1v) is 48.8. The molecule has 6 amide bonds. The Morgan fingerprint density at radius 1 is 0.412 bits per heavy atom. The molecule has 0 atom stereocenters. The van der Waals surface area contributed by atoms with Crippen molar-refractivity contribution < 1.29 is 104 Å². The Balaban J connectivity index is 0.644. The number of nitrogens with zero attached hydrogens (tertiary/aromatic N) is 4. The van der Waals surface area contributed by atoms with E-state index >= 15 is 0 Å². The van der Waals surface area contributed by atoms with Gasteiger partial charge < -0.3 is 59.7 Å². The monoisotopic (exact) mass is 1870 g/mol. The highest BCUT2D eigenvalue weighted by Gasteiger charge is 2.47. The third kappa shape index (κ3) is 24.9. The number of carbonyl (C=O) groups excluding carboxylic acids is 6. The summed E-state index contributed by atoms with van der Waals surface area (Å²) in [5, 5.41) is 16.4. The van der Waals surface area contributed by atoms with E-state index in [4.69, 9.17) is 14.2 Å². The molecule has 4 aliphatic rings. The van der Waals surface area contributed by atoms with Gasteiger partial charge in [-0.25, -0.2) is 31.2 Å².